The third-order valence-electron chi connectivity index (χ3n) is 3.25. The number of nitrogens with zero attached hydrogens (tertiary/aromatic N) is 1. The zero-order valence-electron chi connectivity index (χ0n) is 10.8. The molecule has 4 nitrogen and oxygen atoms in total. The SMILES string of the molecule is CC(C)C(C)CN1CC(=O)NC(C)(C)C1=O. The number of rotatable bonds is 3. The minimum absolute atomic E-state index is 0.0135. The Morgan fingerprint density at radius 1 is 1.31 bits per heavy atom. The van der Waals surface area contributed by atoms with Crippen LogP contribution < -0.4 is 5.32 Å². The van der Waals surface area contributed by atoms with Crippen LogP contribution in [0.2, 0.25) is 0 Å². The number of carbonyl (C=O) groups excluding carboxylic acids is 2. The van der Waals surface area contributed by atoms with Gasteiger partial charge < -0.3 is 10.2 Å². The van der Waals surface area contributed by atoms with E-state index in [0.29, 0.717) is 18.4 Å². The molecule has 0 aromatic heterocycles. The van der Waals surface area contributed by atoms with Gasteiger partial charge in [0.2, 0.25) is 11.8 Å². The van der Waals surface area contributed by atoms with E-state index in [1.165, 1.54) is 0 Å². The third-order valence-corrected chi connectivity index (χ3v) is 3.25. The summed E-state index contributed by atoms with van der Waals surface area (Å²) in [6.07, 6.45) is 0. The molecule has 1 rings (SSSR count). The molecule has 2 amide bonds. The zero-order chi connectivity index (χ0) is 12.5. The van der Waals surface area contributed by atoms with Crippen LogP contribution in [-0.2, 0) is 9.59 Å². The second-order valence-corrected chi connectivity index (χ2v) is 5.58. The summed E-state index contributed by atoms with van der Waals surface area (Å²) in [6, 6.07) is 0. The lowest BCUT2D eigenvalue weighted by molar-refractivity contribution is -0.149. The Bertz CT molecular complexity index is 297. The maximum atomic E-state index is 12.1. The predicted molar refractivity (Wildman–Crippen MR) is 62.8 cm³/mol. The lowest BCUT2D eigenvalue weighted by atomic mass is 9.94. The van der Waals surface area contributed by atoms with Crippen molar-refractivity contribution in [3.05, 3.63) is 0 Å². The van der Waals surface area contributed by atoms with E-state index in [1.807, 2.05) is 0 Å². The lowest BCUT2D eigenvalue weighted by Crippen LogP contribution is -2.64. The minimum atomic E-state index is -0.758. The molecule has 1 unspecified atom stereocenters. The van der Waals surface area contributed by atoms with Crippen molar-refractivity contribution in [2.75, 3.05) is 13.1 Å². The fourth-order valence-corrected chi connectivity index (χ4v) is 1.79. The fourth-order valence-electron chi connectivity index (χ4n) is 1.79. The van der Waals surface area contributed by atoms with E-state index in [1.54, 1.807) is 18.7 Å². The Kier molecular flexibility index (Phi) is 3.61. The lowest BCUT2D eigenvalue weighted by Gasteiger charge is -2.39. The number of hydrogen-bond donors (Lipinski definition) is 1. The van der Waals surface area contributed by atoms with Crippen molar-refractivity contribution in [3.63, 3.8) is 0 Å². The largest absolute Gasteiger partial charge is 0.341 e. The molecule has 1 heterocycles. The maximum Gasteiger partial charge on any atom is 0.248 e. The molecule has 0 bridgehead atoms. The fraction of sp³-hybridized carbons (Fsp3) is 0.833. The standard InChI is InChI=1S/C12H22N2O2/c1-8(2)9(3)6-14-7-10(15)13-12(4,5)11(14)16/h8-9H,6-7H2,1-5H3,(H,13,15). The molecule has 0 spiro atoms. The van der Waals surface area contributed by atoms with E-state index in [0.717, 1.165) is 0 Å². The van der Waals surface area contributed by atoms with Crippen molar-refractivity contribution in [3.8, 4) is 0 Å². The summed E-state index contributed by atoms with van der Waals surface area (Å²) in [5, 5.41) is 2.71. The number of carbonyl (C=O) groups is 2. The van der Waals surface area contributed by atoms with Crippen molar-refractivity contribution in [1.82, 2.24) is 10.2 Å². The first kappa shape index (κ1) is 13.0. The van der Waals surface area contributed by atoms with Gasteiger partial charge in [0.05, 0.1) is 6.54 Å². The second-order valence-electron chi connectivity index (χ2n) is 5.58. The van der Waals surface area contributed by atoms with E-state index in [2.05, 4.69) is 26.1 Å². The molecule has 0 aliphatic carbocycles. The van der Waals surface area contributed by atoms with Crippen molar-refractivity contribution in [2.24, 2.45) is 11.8 Å². The molecule has 92 valence electrons. The Labute approximate surface area is 97.4 Å². The molecule has 4 heteroatoms. The highest BCUT2D eigenvalue weighted by Crippen LogP contribution is 2.17. The molecule has 0 aromatic rings. The molecule has 0 saturated carbocycles. The molecular formula is C12H22N2O2. The first-order valence-corrected chi connectivity index (χ1v) is 5.84. The van der Waals surface area contributed by atoms with E-state index in [-0.39, 0.29) is 18.4 Å². The van der Waals surface area contributed by atoms with Crippen LogP contribution in [0.3, 0.4) is 0 Å². The summed E-state index contributed by atoms with van der Waals surface area (Å²) in [5.41, 5.74) is -0.758. The monoisotopic (exact) mass is 226 g/mol. The van der Waals surface area contributed by atoms with Crippen LogP contribution in [0.5, 0.6) is 0 Å². The van der Waals surface area contributed by atoms with Crippen molar-refractivity contribution >= 4 is 11.8 Å². The number of hydrogen-bond acceptors (Lipinski definition) is 2. The predicted octanol–water partition coefficient (Wildman–Crippen LogP) is 1.02. The smallest absolute Gasteiger partial charge is 0.248 e. The molecule has 1 saturated heterocycles. The van der Waals surface area contributed by atoms with Crippen LogP contribution in [-0.4, -0.2) is 35.3 Å². The van der Waals surface area contributed by atoms with Crippen LogP contribution in [0.15, 0.2) is 0 Å². The molecule has 0 aromatic carbocycles. The Hall–Kier alpha value is -1.06. The second kappa shape index (κ2) is 4.44. The van der Waals surface area contributed by atoms with Crippen LogP contribution >= 0.6 is 0 Å². The Morgan fingerprint density at radius 2 is 1.88 bits per heavy atom. The Morgan fingerprint density at radius 3 is 2.38 bits per heavy atom. The van der Waals surface area contributed by atoms with Gasteiger partial charge in [0.25, 0.3) is 0 Å². The molecule has 1 aliphatic rings. The van der Waals surface area contributed by atoms with Gasteiger partial charge in [-0.1, -0.05) is 20.8 Å². The topological polar surface area (TPSA) is 49.4 Å². The first-order chi connectivity index (χ1) is 7.24. The third kappa shape index (κ3) is 2.74. The highest BCUT2D eigenvalue weighted by Gasteiger charge is 2.39. The van der Waals surface area contributed by atoms with Crippen LogP contribution in [0.1, 0.15) is 34.6 Å². The van der Waals surface area contributed by atoms with Gasteiger partial charge in [-0.3, -0.25) is 9.59 Å². The average Bonchev–Trinajstić information content (AvgIpc) is 2.12. The van der Waals surface area contributed by atoms with E-state index < -0.39 is 5.54 Å². The van der Waals surface area contributed by atoms with Gasteiger partial charge in [-0.25, -0.2) is 0 Å². The van der Waals surface area contributed by atoms with E-state index in [9.17, 15) is 9.59 Å². The Balaban J connectivity index is 2.72. The summed E-state index contributed by atoms with van der Waals surface area (Å²) in [6.45, 7) is 10.7. The van der Waals surface area contributed by atoms with Crippen LogP contribution in [0, 0.1) is 11.8 Å². The van der Waals surface area contributed by atoms with Gasteiger partial charge in [0.15, 0.2) is 0 Å². The summed E-state index contributed by atoms with van der Waals surface area (Å²) in [4.78, 5) is 25.2. The molecule has 1 N–H and O–H groups in total. The summed E-state index contributed by atoms with van der Waals surface area (Å²) in [5.74, 6) is 0.867. The van der Waals surface area contributed by atoms with Crippen molar-refractivity contribution < 1.29 is 9.59 Å². The normalized spacial score (nSPS) is 22.2. The highest BCUT2D eigenvalue weighted by atomic mass is 16.2. The molecule has 0 radical (unpaired) electrons. The first-order valence-electron chi connectivity index (χ1n) is 5.84. The highest BCUT2D eigenvalue weighted by molar-refractivity contribution is 5.97. The van der Waals surface area contributed by atoms with Gasteiger partial charge in [-0.05, 0) is 25.7 Å². The zero-order valence-corrected chi connectivity index (χ0v) is 10.8. The van der Waals surface area contributed by atoms with Crippen molar-refractivity contribution in [1.29, 1.82) is 0 Å². The van der Waals surface area contributed by atoms with Crippen molar-refractivity contribution in [2.45, 2.75) is 40.2 Å². The number of amides is 2. The van der Waals surface area contributed by atoms with E-state index in [4.69, 9.17) is 0 Å². The van der Waals surface area contributed by atoms with Gasteiger partial charge in [0, 0.05) is 6.54 Å². The van der Waals surface area contributed by atoms with Crippen LogP contribution in [0.25, 0.3) is 0 Å². The van der Waals surface area contributed by atoms with E-state index >= 15 is 0 Å². The summed E-state index contributed by atoms with van der Waals surface area (Å²) < 4.78 is 0. The minimum Gasteiger partial charge on any atom is -0.341 e. The maximum absolute atomic E-state index is 12.1. The van der Waals surface area contributed by atoms with Gasteiger partial charge in [-0.2, -0.15) is 0 Å². The molecular weight excluding hydrogens is 204 g/mol. The number of nitrogens with one attached hydrogen (secondary N) is 1. The van der Waals surface area contributed by atoms with Gasteiger partial charge >= 0.3 is 0 Å². The molecule has 1 fully saturated rings. The summed E-state index contributed by atoms with van der Waals surface area (Å²) >= 11 is 0. The average molecular weight is 226 g/mol. The quantitative estimate of drug-likeness (QED) is 0.781. The molecule has 1 atom stereocenters. The number of piperazine rings is 1. The molecule has 1 aliphatic heterocycles. The molecule has 16 heavy (non-hydrogen) atoms. The summed E-state index contributed by atoms with van der Waals surface area (Å²) in [7, 11) is 0. The van der Waals surface area contributed by atoms with Gasteiger partial charge in [-0.15, -0.1) is 0 Å². The van der Waals surface area contributed by atoms with Crippen LogP contribution in [0.4, 0.5) is 0 Å². The van der Waals surface area contributed by atoms with Gasteiger partial charge in [0.1, 0.15) is 5.54 Å².